The van der Waals surface area contributed by atoms with Crippen molar-refractivity contribution in [2.75, 3.05) is 11.1 Å². The third-order valence-electron chi connectivity index (χ3n) is 3.55. The lowest BCUT2D eigenvalue weighted by molar-refractivity contribution is -0.113. The minimum atomic E-state index is -0.528. The third-order valence-corrected chi connectivity index (χ3v) is 5.08. The molecule has 3 rings (SSSR count). The van der Waals surface area contributed by atoms with E-state index in [0.29, 0.717) is 15.7 Å². The normalized spacial score (nSPS) is 15.4. The van der Waals surface area contributed by atoms with Crippen LogP contribution in [0.1, 0.15) is 19.4 Å². The molecule has 2 aromatic carbocycles. The van der Waals surface area contributed by atoms with E-state index >= 15 is 0 Å². The number of carbonyl (C=O) groups excluding carboxylic acids is 1. The van der Waals surface area contributed by atoms with Gasteiger partial charge in [0.1, 0.15) is 10.7 Å². The van der Waals surface area contributed by atoms with Crippen LogP contribution in [0, 0.1) is 0 Å². The van der Waals surface area contributed by atoms with E-state index in [0.717, 1.165) is 16.3 Å². The van der Waals surface area contributed by atoms with Gasteiger partial charge in [-0.2, -0.15) is 0 Å². The lowest BCUT2D eigenvalue weighted by Crippen LogP contribution is -2.18. The number of nitrogens with one attached hydrogen (secondary N) is 1. The maximum atomic E-state index is 12.3. The summed E-state index contributed by atoms with van der Waals surface area (Å²) in [6.07, 6.45) is 0. The summed E-state index contributed by atoms with van der Waals surface area (Å²) in [5.74, 6) is 0.0165. The predicted octanol–water partition coefficient (Wildman–Crippen LogP) is 5.30. The van der Waals surface area contributed by atoms with Crippen molar-refractivity contribution in [3.05, 3.63) is 64.1 Å². The number of nitrogens with zero attached hydrogens (tertiary/aromatic N) is 2. The summed E-state index contributed by atoms with van der Waals surface area (Å²) in [5, 5.41) is 4.49. The standard InChI is InChI=1S/C19H17Cl2N3OS/c1-19(2)23-17(12-6-4-3-5-7-12)18(24-19)26-11-16(25)22-15-10-13(20)8-9-14(15)21/h3-10H,11H2,1-2H3,(H,22,25). The van der Waals surface area contributed by atoms with E-state index in [1.807, 2.05) is 44.2 Å². The average Bonchev–Trinajstić information content (AvgIpc) is 2.92. The molecule has 0 atom stereocenters. The van der Waals surface area contributed by atoms with Crippen molar-refractivity contribution in [2.45, 2.75) is 19.5 Å². The molecule has 0 bridgehead atoms. The summed E-state index contributed by atoms with van der Waals surface area (Å²) < 4.78 is 0. The number of benzene rings is 2. The highest BCUT2D eigenvalue weighted by Gasteiger charge is 2.28. The summed E-state index contributed by atoms with van der Waals surface area (Å²) in [6, 6.07) is 14.8. The molecule has 0 saturated heterocycles. The number of aliphatic imine (C=N–C) groups is 2. The van der Waals surface area contributed by atoms with Crippen LogP contribution in [0.25, 0.3) is 0 Å². The molecule has 134 valence electrons. The lowest BCUT2D eigenvalue weighted by atomic mass is 10.1. The van der Waals surface area contributed by atoms with Crippen molar-refractivity contribution >= 4 is 57.3 Å². The molecule has 0 radical (unpaired) electrons. The molecule has 7 heteroatoms. The van der Waals surface area contributed by atoms with Gasteiger partial charge in [0.15, 0.2) is 0 Å². The van der Waals surface area contributed by atoms with Crippen LogP contribution >= 0.6 is 35.0 Å². The van der Waals surface area contributed by atoms with Gasteiger partial charge in [-0.25, -0.2) is 4.99 Å². The fourth-order valence-corrected chi connectivity index (χ4v) is 3.71. The molecule has 0 aromatic heterocycles. The Balaban J connectivity index is 1.69. The Morgan fingerprint density at radius 3 is 2.58 bits per heavy atom. The first-order valence-electron chi connectivity index (χ1n) is 7.97. The van der Waals surface area contributed by atoms with Gasteiger partial charge in [0.05, 0.1) is 22.2 Å². The van der Waals surface area contributed by atoms with E-state index in [1.54, 1.807) is 18.2 Å². The summed E-state index contributed by atoms with van der Waals surface area (Å²) in [4.78, 5) is 21.6. The smallest absolute Gasteiger partial charge is 0.234 e. The maximum Gasteiger partial charge on any atom is 0.234 e. The molecular weight excluding hydrogens is 389 g/mol. The van der Waals surface area contributed by atoms with Crippen LogP contribution in [0.15, 0.2) is 58.5 Å². The minimum Gasteiger partial charge on any atom is -0.324 e. The van der Waals surface area contributed by atoms with Gasteiger partial charge in [-0.15, -0.1) is 0 Å². The highest BCUT2D eigenvalue weighted by molar-refractivity contribution is 8.16. The molecule has 2 aromatic rings. The third kappa shape index (κ3) is 4.67. The zero-order chi connectivity index (χ0) is 18.7. The molecule has 4 nitrogen and oxygen atoms in total. The Kier molecular flexibility index (Phi) is 5.70. The molecule has 1 amide bonds. The second-order valence-corrected chi connectivity index (χ2v) is 8.01. The van der Waals surface area contributed by atoms with Gasteiger partial charge in [0.2, 0.25) is 5.91 Å². The molecule has 26 heavy (non-hydrogen) atoms. The first kappa shape index (κ1) is 19.0. The van der Waals surface area contributed by atoms with Crippen LogP contribution in [-0.4, -0.2) is 28.1 Å². The fourth-order valence-electron chi connectivity index (χ4n) is 2.45. The lowest BCUT2D eigenvalue weighted by Gasteiger charge is -2.08. The molecule has 0 unspecified atom stereocenters. The van der Waals surface area contributed by atoms with Gasteiger partial charge >= 0.3 is 0 Å². The van der Waals surface area contributed by atoms with E-state index in [9.17, 15) is 4.79 Å². The van der Waals surface area contributed by atoms with Gasteiger partial charge in [-0.3, -0.25) is 9.79 Å². The summed E-state index contributed by atoms with van der Waals surface area (Å²) in [6.45, 7) is 3.88. The Hall–Kier alpha value is -1.82. The predicted molar refractivity (Wildman–Crippen MR) is 112 cm³/mol. The molecular formula is C19H17Cl2N3OS. The van der Waals surface area contributed by atoms with Crippen LogP contribution < -0.4 is 5.32 Å². The summed E-state index contributed by atoms with van der Waals surface area (Å²) >= 11 is 13.4. The monoisotopic (exact) mass is 405 g/mol. The molecule has 1 aliphatic rings. The number of anilines is 1. The number of hydrogen-bond acceptors (Lipinski definition) is 4. The molecule has 0 saturated carbocycles. The van der Waals surface area contributed by atoms with Crippen molar-refractivity contribution in [2.24, 2.45) is 9.98 Å². The largest absolute Gasteiger partial charge is 0.324 e. The molecule has 0 spiro atoms. The van der Waals surface area contributed by atoms with Gasteiger partial charge in [0, 0.05) is 10.6 Å². The van der Waals surface area contributed by atoms with Crippen LogP contribution in [0.3, 0.4) is 0 Å². The van der Waals surface area contributed by atoms with E-state index in [4.69, 9.17) is 23.2 Å². The second-order valence-electron chi connectivity index (χ2n) is 6.20. The molecule has 1 N–H and O–H groups in total. The number of amides is 1. The van der Waals surface area contributed by atoms with Crippen molar-refractivity contribution < 1.29 is 4.79 Å². The van der Waals surface area contributed by atoms with Crippen LogP contribution in [0.2, 0.25) is 10.0 Å². The first-order chi connectivity index (χ1) is 12.3. The fraction of sp³-hybridized carbons (Fsp3) is 0.211. The number of thioether (sulfide) groups is 1. The van der Waals surface area contributed by atoms with E-state index < -0.39 is 5.66 Å². The molecule has 0 fully saturated rings. The quantitative estimate of drug-likeness (QED) is 0.749. The first-order valence-corrected chi connectivity index (χ1v) is 9.71. The van der Waals surface area contributed by atoms with E-state index in [-0.39, 0.29) is 11.7 Å². The minimum absolute atomic E-state index is 0.181. The zero-order valence-corrected chi connectivity index (χ0v) is 16.6. The number of carbonyl (C=O) groups is 1. The highest BCUT2D eigenvalue weighted by atomic mass is 35.5. The number of rotatable bonds is 4. The zero-order valence-electron chi connectivity index (χ0n) is 14.3. The van der Waals surface area contributed by atoms with Gasteiger partial charge in [-0.05, 0) is 32.0 Å². The van der Waals surface area contributed by atoms with Crippen molar-refractivity contribution in [1.29, 1.82) is 0 Å². The Morgan fingerprint density at radius 1 is 1.12 bits per heavy atom. The number of halogens is 2. The molecule has 1 heterocycles. The van der Waals surface area contributed by atoms with Gasteiger partial charge in [0.25, 0.3) is 0 Å². The average molecular weight is 406 g/mol. The van der Waals surface area contributed by atoms with E-state index in [1.165, 1.54) is 11.8 Å². The van der Waals surface area contributed by atoms with Gasteiger partial charge < -0.3 is 5.32 Å². The summed E-state index contributed by atoms with van der Waals surface area (Å²) in [5.41, 5.74) is 1.77. The second kappa shape index (κ2) is 7.82. The van der Waals surface area contributed by atoms with Crippen LogP contribution in [0.4, 0.5) is 5.69 Å². The van der Waals surface area contributed by atoms with Gasteiger partial charge in [-0.1, -0.05) is 65.3 Å². The molecule has 1 aliphatic heterocycles. The number of hydrogen-bond donors (Lipinski definition) is 1. The molecule has 0 aliphatic carbocycles. The SMILES string of the molecule is CC1(C)N=C(SCC(=O)Nc2cc(Cl)ccc2Cl)C(c2ccccc2)=N1. The van der Waals surface area contributed by atoms with Crippen LogP contribution in [-0.2, 0) is 4.79 Å². The Bertz CT molecular complexity index is 895. The Morgan fingerprint density at radius 2 is 1.85 bits per heavy atom. The maximum absolute atomic E-state index is 12.3. The van der Waals surface area contributed by atoms with Crippen LogP contribution in [0.5, 0.6) is 0 Å². The summed E-state index contributed by atoms with van der Waals surface area (Å²) in [7, 11) is 0. The Labute approximate surface area is 166 Å². The van der Waals surface area contributed by atoms with Crippen molar-refractivity contribution in [1.82, 2.24) is 0 Å². The topological polar surface area (TPSA) is 53.8 Å². The van der Waals surface area contributed by atoms with Crippen molar-refractivity contribution in [3.8, 4) is 0 Å². The van der Waals surface area contributed by atoms with E-state index in [2.05, 4.69) is 15.3 Å². The van der Waals surface area contributed by atoms with Crippen molar-refractivity contribution in [3.63, 3.8) is 0 Å². The highest BCUT2D eigenvalue weighted by Crippen LogP contribution is 2.28.